The molecule has 0 aromatic carbocycles. The van der Waals surface area contributed by atoms with Crippen molar-refractivity contribution in [3.05, 3.63) is 10.4 Å². The van der Waals surface area contributed by atoms with Gasteiger partial charge in [0.25, 0.3) is 0 Å². The first-order chi connectivity index (χ1) is 5.31. The van der Waals surface area contributed by atoms with Gasteiger partial charge < -0.3 is 9.84 Å². The molecule has 0 rings (SSSR count). The quantitative estimate of drug-likeness (QED) is 0.216. The van der Waals surface area contributed by atoms with Crippen LogP contribution in [0.1, 0.15) is 0 Å². The van der Waals surface area contributed by atoms with Crippen molar-refractivity contribution in [3.63, 3.8) is 0 Å². The predicted octanol–water partition coefficient (Wildman–Crippen LogP) is 0.913. The van der Waals surface area contributed by atoms with E-state index in [2.05, 4.69) is 10.0 Å². The van der Waals surface area contributed by atoms with E-state index >= 15 is 0 Å². The zero-order valence-electron chi connectivity index (χ0n) is 5.98. The molecule has 0 bridgehead atoms. The van der Waals surface area contributed by atoms with Crippen LogP contribution < -0.4 is 0 Å². The predicted molar refractivity (Wildman–Crippen MR) is 41.6 cm³/mol. The topological polar surface area (TPSA) is 78.2 Å². The summed E-state index contributed by atoms with van der Waals surface area (Å²) in [4.78, 5) is 2.49. The molecular formula is C5H10ClN3O2. The number of alkyl halides is 1. The second kappa shape index (κ2) is 7.63. The molecule has 11 heavy (non-hydrogen) atoms. The summed E-state index contributed by atoms with van der Waals surface area (Å²) in [6.07, 6.45) is -0.728. The molecule has 1 unspecified atom stereocenters. The lowest BCUT2D eigenvalue weighted by Gasteiger charge is -2.06. The minimum absolute atomic E-state index is 0.0405. The van der Waals surface area contributed by atoms with Crippen molar-refractivity contribution < 1.29 is 9.84 Å². The maximum absolute atomic E-state index is 8.97. The monoisotopic (exact) mass is 179 g/mol. The van der Waals surface area contributed by atoms with Crippen LogP contribution in [0.2, 0.25) is 0 Å². The fraction of sp³-hybridized carbons (Fsp3) is 1.00. The number of azide groups is 1. The molecule has 1 atom stereocenters. The summed E-state index contributed by atoms with van der Waals surface area (Å²) in [6.45, 7) is 0.597. The number of hydrogen-bond donors (Lipinski definition) is 1. The number of aliphatic hydroxyl groups excluding tert-OH is 1. The third kappa shape index (κ3) is 7.42. The highest BCUT2D eigenvalue weighted by Crippen LogP contribution is 1.87. The first kappa shape index (κ1) is 10.5. The molecule has 0 heterocycles. The van der Waals surface area contributed by atoms with Crippen molar-refractivity contribution in [1.82, 2.24) is 0 Å². The van der Waals surface area contributed by atoms with Gasteiger partial charge in [-0.25, -0.2) is 0 Å². The van der Waals surface area contributed by atoms with Crippen molar-refractivity contribution in [3.8, 4) is 0 Å². The fourth-order valence-electron chi connectivity index (χ4n) is 0.457. The maximum Gasteiger partial charge on any atom is 0.0829 e. The van der Waals surface area contributed by atoms with Gasteiger partial charge in [-0.3, -0.25) is 0 Å². The Labute approximate surface area is 69.5 Å². The van der Waals surface area contributed by atoms with E-state index in [0.29, 0.717) is 12.5 Å². The van der Waals surface area contributed by atoms with E-state index in [4.69, 9.17) is 27.0 Å². The molecular weight excluding hydrogens is 170 g/mol. The lowest BCUT2D eigenvalue weighted by molar-refractivity contribution is 0.0483. The third-order valence-corrected chi connectivity index (χ3v) is 1.04. The van der Waals surface area contributed by atoms with Crippen molar-refractivity contribution >= 4 is 11.6 Å². The van der Waals surface area contributed by atoms with Gasteiger partial charge in [-0.05, 0) is 5.53 Å². The molecule has 0 aromatic heterocycles. The van der Waals surface area contributed by atoms with Gasteiger partial charge >= 0.3 is 0 Å². The van der Waals surface area contributed by atoms with Gasteiger partial charge in [0.1, 0.15) is 0 Å². The van der Waals surface area contributed by atoms with Gasteiger partial charge in [0.15, 0.2) is 0 Å². The molecule has 6 heteroatoms. The average Bonchev–Trinajstić information content (AvgIpc) is 2.01. The molecule has 0 aliphatic rings. The van der Waals surface area contributed by atoms with Crippen LogP contribution in [0.4, 0.5) is 0 Å². The summed E-state index contributed by atoms with van der Waals surface area (Å²) in [6, 6.07) is 0. The second-order valence-electron chi connectivity index (χ2n) is 1.83. The molecule has 0 fully saturated rings. The molecule has 0 aliphatic carbocycles. The summed E-state index contributed by atoms with van der Waals surface area (Å²) in [5, 5.41) is 12.1. The van der Waals surface area contributed by atoms with Crippen LogP contribution in [0.5, 0.6) is 0 Å². The van der Waals surface area contributed by atoms with E-state index in [-0.39, 0.29) is 13.2 Å². The summed E-state index contributed by atoms with van der Waals surface area (Å²) in [5.74, 6) is 0.397. The zero-order chi connectivity index (χ0) is 8.53. The second-order valence-corrected chi connectivity index (χ2v) is 2.21. The largest absolute Gasteiger partial charge is 0.391 e. The minimum atomic E-state index is -0.728. The van der Waals surface area contributed by atoms with Crippen LogP contribution in [-0.4, -0.2) is 36.8 Å². The number of aliphatic hydroxyl groups is 1. The van der Waals surface area contributed by atoms with Crippen LogP contribution in [0.15, 0.2) is 5.11 Å². The highest BCUT2D eigenvalue weighted by atomic mass is 35.5. The van der Waals surface area contributed by atoms with Crippen molar-refractivity contribution in [2.24, 2.45) is 5.11 Å². The molecule has 64 valence electrons. The van der Waals surface area contributed by atoms with Crippen LogP contribution in [0.25, 0.3) is 10.4 Å². The van der Waals surface area contributed by atoms with Gasteiger partial charge in [-0.15, -0.1) is 11.6 Å². The molecule has 0 saturated carbocycles. The molecule has 0 aromatic rings. The molecule has 5 nitrogen and oxygen atoms in total. The summed E-state index contributed by atoms with van der Waals surface area (Å²) >= 11 is 5.30. The van der Waals surface area contributed by atoms with Crippen LogP contribution >= 0.6 is 11.6 Å². The Kier molecular flexibility index (Phi) is 7.29. The summed E-state index contributed by atoms with van der Waals surface area (Å²) in [7, 11) is 0. The van der Waals surface area contributed by atoms with Crippen LogP contribution in [-0.2, 0) is 4.74 Å². The number of rotatable bonds is 6. The Balaban J connectivity index is 3.21. The maximum atomic E-state index is 8.97. The molecule has 0 radical (unpaired) electrons. The lowest BCUT2D eigenvalue weighted by Crippen LogP contribution is -2.18. The molecule has 0 spiro atoms. The summed E-state index contributed by atoms with van der Waals surface area (Å²) in [5.41, 5.74) is 7.87. The number of nitrogens with zero attached hydrogens (tertiary/aromatic N) is 3. The molecule has 0 saturated heterocycles. The number of ether oxygens (including phenoxy) is 1. The number of halogens is 1. The van der Waals surface area contributed by atoms with Gasteiger partial charge in [-0.2, -0.15) is 0 Å². The Morgan fingerprint density at radius 3 is 3.00 bits per heavy atom. The standard InChI is InChI=1S/C5H10ClN3O2/c6-1-2-11-4-5(10)3-8-9-7/h5,10H,1-4H2. The van der Waals surface area contributed by atoms with E-state index in [1.165, 1.54) is 0 Å². The van der Waals surface area contributed by atoms with E-state index < -0.39 is 6.10 Å². The van der Waals surface area contributed by atoms with Crippen molar-refractivity contribution in [1.29, 1.82) is 0 Å². The van der Waals surface area contributed by atoms with E-state index in [9.17, 15) is 0 Å². The Morgan fingerprint density at radius 2 is 2.45 bits per heavy atom. The lowest BCUT2D eigenvalue weighted by atomic mass is 10.4. The van der Waals surface area contributed by atoms with Crippen LogP contribution in [0.3, 0.4) is 0 Å². The SMILES string of the molecule is [N-]=[N+]=NCC(O)COCCCl. The molecule has 0 amide bonds. The van der Waals surface area contributed by atoms with E-state index in [0.717, 1.165) is 0 Å². The fourth-order valence-corrected chi connectivity index (χ4v) is 0.567. The smallest absolute Gasteiger partial charge is 0.0829 e. The Bertz CT molecular complexity index is 138. The third-order valence-electron chi connectivity index (χ3n) is 0.887. The van der Waals surface area contributed by atoms with Gasteiger partial charge in [0.2, 0.25) is 0 Å². The average molecular weight is 180 g/mol. The highest BCUT2D eigenvalue weighted by Gasteiger charge is 2.00. The number of hydrogen-bond acceptors (Lipinski definition) is 3. The van der Waals surface area contributed by atoms with Crippen LogP contribution in [0, 0.1) is 0 Å². The molecule has 1 N–H and O–H groups in total. The Hall–Kier alpha value is -0.480. The van der Waals surface area contributed by atoms with Gasteiger partial charge in [0.05, 0.1) is 25.9 Å². The minimum Gasteiger partial charge on any atom is -0.391 e. The van der Waals surface area contributed by atoms with E-state index in [1.54, 1.807) is 0 Å². The zero-order valence-corrected chi connectivity index (χ0v) is 6.74. The first-order valence-electron chi connectivity index (χ1n) is 3.14. The molecule has 0 aliphatic heterocycles. The Morgan fingerprint density at radius 1 is 1.73 bits per heavy atom. The van der Waals surface area contributed by atoms with Crippen molar-refractivity contribution in [2.45, 2.75) is 6.10 Å². The van der Waals surface area contributed by atoms with E-state index in [1.807, 2.05) is 0 Å². The van der Waals surface area contributed by atoms with Gasteiger partial charge in [-0.1, -0.05) is 5.11 Å². The van der Waals surface area contributed by atoms with Gasteiger partial charge in [0, 0.05) is 10.8 Å². The highest BCUT2D eigenvalue weighted by molar-refractivity contribution is 6.17. The summed E-state index contributed by atoms with van der Waals surface area (Å²) < 4.78 is 4.88. The van der Waals surface area contributed by atoms with Crippen molar-refractivity contribution in [2.75, 3.05) is 25.6 Å². The normalized spacial score (nSPS) is 12.2. The first-order valence-corrected chi connectivity index (χ1v) is 3.67.